The van der Waals surface area contributed by atoms with Crippen LogP contribution in [0.4, 0.5) is 0 Å². The van der Waals surface area contributed by atoms with Gasteiger partial charge in [0.25, 0.3) is 0 Å². The smallest absolute Gasteiger partial charge is 0.0874 e. The van der Waals surface area contributed by atoms with E-state index in [4.69, 9.17) is 0 Å². The summed E-state index contributed by atoms with van der Waals surface area (Å²) in [7, 11) is 5.35. The summed E-state index contributed by atoms with van der Waals surface area (Å²) < 4.78 is 0. The minimum atomic E-state index is 0.844. The normalized spacial score (nSPS) is 13.3. The fourth-order valence-corrected chi connectivity index (χ4v) is 2.40. The van der Waals surface area contributed by atoms with Crippen molar-refractivity contribution in [2.45, 2.75) is 0 Å². The first kappa shape index (κ1) is 14.5. The van der Waals surface area contributed by atoms with Crippen molar-refractivity contribution in [3.63, 3.8) is 0 Å². The third-order valence-electron chi connectivity index (χ3n) is 3.44. The molecule has 0 radical (unpaired) electrons. The quantitative estimate of drug-likeness (QED) is 0.683. The van der Waals surface area contributed by atoms with Crippen LogP contribution in [-0.2, 0) is 0 Å². The van der Waals surface area contributed by atoms with Gasteiger partial charge in [0.15, 0.2) is 0 Å². The average Bonchev–Trinajstić information content (AvgIpc) is 3.00. The lowest BCUT2D eigenvalue weighted by molar-refractivity contribution is 0.391. The van der Waals surface area contributed by atoms with Gasteiger partial charge in [0.1, 0.15) is 0 Å². The summed E-state index contributed by atoms with van der Waals surface area (Å²) in [6.07, 6.45) is 3.94. The number of hydrogen-bond acceptors (Lipinski definition) is 3. The number of benzene rings is 1. The Labute approximate surface area is 132 Å². The molecule has 4 heteroatoms. The Morgan fingerprint density at radius 1 is 1.14 bits per heavy atom. The third kappa shape index (κ3) is 3.26. The maximum Gasteiger partial charge on any atom is 0.0874 e. The van der Waals surface area contributed by atoms with Gasteiger partial charge in [-0.1, -0.05) is 24.0 Å². The fourth-order valence-electron chi connectivity index (χ4n) is 2.20. The van der Waals surface area contributed by atoms with Gasteiger partial charge in [-0.15, -0.1) is 8.86 Å². The van der Waals surface area contributed by atoms with Crippen LogP contribution in [0.25, 0.3) is 5.70 Å². The van der Waals surface area contributed by atoms with E-state index in [1.54, 1.807) is 0 Å². The van der Waals surface area contributed by atoms with Gasteiger partial charge < -0.3 is 5.01 Å². The van der Waals surface area contributed by atoms with Crippen molar-refractivity contribution < 1.29 is 0 Å². The van der Waals surface area contributed by atoms with Gasteiger partial charge in [-0.3, -0.25) is 4.98 Å². The summed E-state index contributed by atoms with van der Waals surface area (Å²) in [6, 6.07) is 12.1. The molecular weight excluding hydrogens is 289 g/mol. The van der Waals surface area contributed by atoms with E-state index in [9.17, 15) is 0 Å². The number of rotatable bonds is 2. The molecule has 0 saturated heterocycles. The van der Waals surface area contributed by atoms with E-state index in [2.05, 4.69) is 37.2 Å². The zero-order chi connectivity index (χ0) is 15.4. The van der Waals surface area contributed by atoms with Gasteiger partial charge in [-0.2, -0.15) is 0 Å². The fraction of sp³-hybridized carbons (Fsp3) is 0.111. The molecule has 0 aliphatic carbocycles. The van der Waals surface area contributed by atoms with E-state index >= 15 is 0 Å². The Morgan fingerprint density at radius 2 is 1.86 bits per heavy atom. The third-order valence-corrected chi connectivity index (χ3v) is 3.77. The van der Waals surface area contributed by atoms with Crippen LogP contribution in [0.3, 0.4) is 0 Å². The van der Waals surface area contributed by atoms with E-state index in [-0.39, 0.29) is 0 Å². The summed E-state index contributed by atoms with van der Waals surface area (Å²) in [4.78, 5) is 4.49. The second-order valence-electron chi connectivity index (χ2n) is 4.96. The molecule has 0 fully saturated rings. The van der Waals surface area contributed by atoms with Crippen LogP contribution in [0.5, 0.6) is 0 Å². The summed E-state index contributed by atoms with van der Waals surface area (Å²) in [5.41, 5.74) is 8.28. The highest BCUT2D eigenvalue weighted by molar-refractivity contribution is 7.19. The van der Waals surface area contributed by atoms with Gasteiger partial charge in [0.05, 0.1) is 11.4 Å². The van der Waals surface area contributed by atoms with E-state index in [1.807, 2.05) is 60.4 Å². The lowest BCUT2D eigenvalue weighted by atomic mass is 10.1. The SMILES string of the molecule is CN1NCC=C1c1ccc(C#Cc2ccc(C=P)cc2)cn1. The van der Waals surface area contributed by atoms with Crippen LogP contribution in [0.15, 0.2) is 48.7 Å². The van der Waals surface area contributed by atoms with Gasteiger partial charge in [-0.25, -0.2) is 5.43 Å². The molecule has 0 atom stereocenters. The van der Waals surface area contributed by atoms with Gasteiger partial charge in [0.2, 0.25) is 0 Å². The molecule has 1 aliphatic rings. The molecule has 0 amide bonds. The molecule has 0 unspecified atom stereocenters. The second-order valence-corrected chi connectivity index (χ2v) is 5.25. The molecule has 1 aliphatic heterocycles. The van der Waals surface area contributed by atoms with Crippen molar-refractivity contribution >= 4 is 20.4 Å². The van der Waals surface area contributed by atoms with Crippen molar-refractivity contribution in [3.05, 3.63) is 71.1 Å². The lowest BCUT2D eigenvalue weighted by Crippen LogP contribution is -2.26. The Bertz CT molecular complexity index is 765. The highest BCUT2D eigenvalue weighted by atomic mass is 31.0. The van der Waals surface area contributed by atoms with Crippen molar-refractivity contribution in [2.24, 2.45) is 0 Å². The molecule has 1 aromatic carbocycles. The number of nitrogens with one attached hydrogen (secondary N) is 1. The van der Waals surface area contributed by atoms with Gasteiger partial charge in [0, 0.05) is 30.9 Å². The number of hydrazine groups is 1. The molecular formula is C18H16N3P. The maximum atomic E-state index is 4.49. The minimum Gasteiger partial charge on any atom is -0.309 e. The molecule has 0 bridgehead atoms. The van der Waals surface area contributed by atoms with Crippen molar-refractivity contribution in [1.29, 1.82) is 0 Å². The van der Waals surface area contributed by atoms with Crippen molar-refractivity contribution in [3.8, 4) is 11.8 Å². The zero-order valence-corrected chi connectivity index (χ0v) is 13.3. The predicted molar refractivity (Wildman–Crippen MR) is 93.9 cm³/mol. The number of nitrogens with zero attached hydrogens (tertiary/aromatic N) is 2. The van der Waals surface area contributed by atoms with E-state index in [1.165, 1.54) is 0 Å². The van der Waals surface area contributed by atoms with Crippen LogP contribution >= 0.6 is 8.86 Å². The van der Waals surface area contributed by atoms with E-state index in [0.29, 0.717) is 0 Å². The van der Waals surface area contributed by atoms with Crippen molar-refractivity contribution in [2.75, 3.05) is 13.6 Å². The molecule has 3 rings (SSSR count). The highest BCUT2D eigenvalue weighted by Crippen LogP contribution is 2.17. The summed E-state index contributed by atoms with van der Waals surface area (Å²) in [5, 5.41) is 1.98. The standard InChI is InChI=1S/C18H16N3P/c1-21-18(10-11-20-21)17-9-8-15(12-19-17)5-2-14-3-6-16(13-22)7-4-14/h3-4,6-10,12-13,20,22H,11H2,1H3. The summed E-state index contributed by atoms with van der Waals surface area (Å²) in [5.74, 6) is 8.18. The molecule has 22 heavy (non-hydrogen) atoms. The molecule has 0 spiro atoms. The van der Waals surface area contributed by atoms with Gasteiger partial charge >= 0.3 is 0 Å². The molecule has 3 nitrogen and oxygen atoms in total. The van der Waals surface area contributed by atoms with Crippen LogP contribution in [0.2, 0.25) is 0 Å². The zero-order valence-electron chi connectivity index (χ0n) is 12.3. The Balaban J connectivity index is 1.76. The lowest BCUT2D eigenvalue weighted by Gasteiger charge is -2.15. The monoisotopic (exact) mass is 305 g/mol. The maximum absolute atomic E-state index is 4.49. The topological polar surface area (TPSA) is 28.2 Å². The minimum absolute atomic E-state index is 0.844. The molecule has 1 aromatic heterocycles. The summed E-state index contributed by atoms with van der Waals surface area (Å²) in [6.45, 7) is 0.844. The first-order chi connectivity index (χ1) is 10.8. The molecule has 2 aromatic rings. The van der Waals surface area contributed by atoms with Crippen LogP contribution in [0.1, 0.15) is 22.4 Å². The van der Waals surface area contributed by atoms with Crippen LogP contribution in [0, 0.1) is 11.8 Å². The molecule has 108 valence electrons. The first-order valence-corrected chi connectivity index (χ1v) is 7.60. The second kappa shape index (κ2) is 6.58. The molecule has 0 saturated carbocycles. The van der Waals surface area contributed by atoms with Crippen molar-refractivity contribution in [1.82, 2.24) is 15.4 Å². The largest absolute Gasteiger partial charge is 0.309 e. The Morgan fingerprint density at radius 3 is 2.45 bits per heavy atom. The first-order valence-electron chi connectivity index (χ1n) is 7.02. The summed E-state index contributed by atoms with van der Waals surface area (Å²) >= 11 is 0. The predicted octanol–water partition coefficient (Wildman–Crippen LogP) is 2.57. The molecule has 1 N–H and O–H groups in total. The molecule has 2 heterocycles. The van der Waals surface area contributed by atoms with Crippen LogP contribution < -0.4 is 5.43 Å². The van der Waals surface area contributed by atoms with E-state index < -0.39 is 0 Å². The average molecular weight is 305 g/mol. The van der Waals surface area contributed by atoms with Crippen LogP contribution in [-0.4, -0.2) is 29.4 Å². The number of hydrogen-bond donors (Lipinski definition) is 1. The Kier molecular flexibility index (Phi) is 4.34. The number of aromatic nitrogens is 1. The van der Waals surface area contributed by atoms with Gasteiger partial charge in [-0.05, 0) is 41.7 Å². The number of pyridine rings is 1. The van der Waals surface area contributed by atoms with E-state index in [0.717, 1.165) is 34.6 Å². The Hall–Kier alpha value is -2.40. The highest BCUT2D eigenvalue weighted by Gasteiger charge is 2.12.